The van der Waals surface area contributed by atoms with Crippen LogP contribution in [0.2, 0.25) is 0 Å². The van der Waals surface area contributed by atoms with Gasteiger partial charge in [-0.25, -0.2) is 4.99 Å². The fourth-order valence-corrected chi connectivity index (χ4v) is 2.42. The monoisotopic (exact) mass is 486 g/mol. The Morgan fingerprint density at radius 1 is 1.19 bits per heavy atom. The highest BCUT2D eigenvalue weighted by Gasteiger charge is 2.07. The lowest BCUT2D eigenvalue weighted by Gasteiger charge is -2.13. The van der Waals surface area contributed by atoms with Gasteiger partial charge in [-0.05, 0) is 26.3 Å². The number of unbranched alkanes of at least 4 members (excludes halogenated alkanes) is 1. The molecule has 0 unspecified atom stereocenters. The molecule has 0 amide bonds. The first-order valence-corrected chi connectivity index (χ1v) is 9.23. The smallest absolute Gasteiger partial charge is 0.191 e. The summed E-state index contributed by atoms with van der Waals surface area (Å²) in [4.78, 5) is 4.72. The van der Waals surface area contributed by atoms with Crippen molar-refractivity contribution in [3.8, 4) is 5.75 Å². The first-order valence-electron chi connectivity index (χ1n) is 9.23. The average Bonchev–Trinajstić information content (AvgIpc) is 2.97. The van der Waals surface area contributed by atoms with Gasteiger partial charge in [0, 0.05) is 19.2 Å². The molecule has 0 saturated carbocycles. The number of nitrogens with one attached hydrogen (secondary N) is 2. The number of benzene rings is 1. The molecule has 1 aromatic heterocycles. The summed E-state index contributed by atoms with van der Waals surface area (Å²) in [6.07, 6.45) is 2.23. The Kier molecular flexibility index (Phi) is 10.8. The molecule has 1 aromatic carbocycles. The first-order chi connectivity index (χ1) is 12.7. The molecule has 7 nitrogen and oxygen atoms in total. The van der Waals surface area contributed by atoms with Crippen LogP contribution in [-0.2, 0) is 20.1 Å². The lowest BCUT2D eigenvalue weighted by atomic mass is 10.2. The lowest BCUT2D eigenvalue weighted by molar-refractivity contribution is 0.336. The van der Waals surface area contributed by atoms with E-state index in [2.05, 4.69) is 27.8 Å². The largest absolute Gasteiger partial charge is 0.494 e. The van der Waals surface area contributed by atoms with Crippen LogP contribution < -0.4 is 15.4 Å². The number of aromatic nitrogens is 3. The molecule has 2 aromatic rings. The number of rotatable bonds is 9. The van der Waals surface area contributed by atoms with Gasteiger partial charge in [-0.2, -0.15) is 0 Å². The van der Waals surface area contributed by atoms with Gasteiger partial charge in [-0.1, -0.05) is 31.5 Å². The Morgan fingerprint density at radius 2 is 1.96 bits per heavy atom. The van der Waals surface area contributed by atoms with E-state index < -0.39 is 0 Å². The van der Waals surface area contributed by atoms with Gasteiger partial charge in [0.15, 0.2) is 11.8 Å². The van der Waals surface area contributed by atoms with Gasteiger partial charge in [-0.3, -0.25) is 0 Å². The third kappa shape index (κ3) is 7.36. The zero-order valence-corrected chi connectivity index (χ0v) is 19.0. The molecule has 0 radical (unpaired) electrons. The van der Waals surface area contributed by atoms with Gasteiger partial charge < -0.3 is 19.9 Å². The third-order valence-corrected chi connectivity index (χ3v) is 4.10. The second kappa shape index (κ2) is 12.5. The molecule has 0 fully saturated rings. The van der Waals surface area contributed by atoms with Crippen LogP contribution in [0.3, 0.4) is 0 Å². The van der Waals surface area contributed by atoms with Crippen LogP contribution in [0.4, 0.5) is 0 Å². The molecule has 8 heteroatoms. The quantitative estimate of drug-likeness (QED) is 0.247. The molecule has 0 aliphatic rings. The second-order valence-corrected chi connectivity index (χ2v) is 6.06. The summed E-state index contributed by atoms with van der Waals surface area (Å²) in [6, 6.07) is 8.01. The number of nitrogens with zero attached hydrogens (tertiary/aromatic N) is 4. The van der Waals surface area contributed by atoms with Crippen LogP contribution in [0.25, 0.3) is 0 Å². The molecular weight excluding hydrogens is 455 g/mol. The number of ether oxygens (including phenoxy) is 1. The summed E-state index contributed by atoms with van der Waals surface area (Å²) in [7, 11) is 1.96. The summed E-state index contributed by atoms with van der Waals surface area (Å²) in [5.74, 6) is 3.42. The molecule has 0 spiro atoms. The zero-order chi connectivity index (χ0) is 18.8. The van der Waals surface area contributed by atoms with Crippen LogP contribution >= 0.6 is 24.0 Å². The summed E-state index contributed by atoms with van der Waals surface area (Å²) < 4.78 is 7.66. The molecule has 2 rings (SSSR count). The fourth-order valence-electron chi connectivity index (χ4n) is 2.42. The van der Waals surface area contributed by atoms with E-state index in [4.69, 9.17) is 9.73 Å². The molecule has 0 atom stereocenters. The Bertz CT molecular complexity index is 716. The van der Waals surface area contributed by atoms with Gasteiger partial charge >= 0.3 is 0 Å². The van der Waals surface area contributed by atoms with Crippen molar-refractivity contribution in [2.75, 3.05) is 13.2 Å². The molecule has 0 saturated heterocycles. The SMILES string of the molecule is CCCCNC(=NCc1ccccc1OCC)NCc1nnc(C)n1C.I. The van der Waals surface area contributed by atoms with Crippen molar-refractivity contribution >= 4 is 29.9 Å². The standard InChI is InChI=1S/C19H30N6O.HI/c1-5-7-12-20-19(22-14-18-24-23-15(3)25(18)4)21-13-16-10-8-9-11-17(16)26-6-2;/h8-11H,5-7,12-14H2,1-4H3,(H2,20,21,22);1H. The molecule has 0 bridgehead atoms. The maximum absolute atomic E-state index is 5.68. The summed E-state index contributed by atoms with van der Waals surface area (Å²) >= 11 is 0. The average molecular weight is 486 g/mol. The Hall–Kier alpha value is -1.84. The Labute approximate surface area is 179 Å². The van der Waals surface area contributed by atoms with E-state index in [-0.39, 0.29) is 24.0 Å². The van der Waals surface area contributed by atoms with E-state index in [9.17, 15) is 0 Å². The second-order valence-electron chi connectivity index (χ2n) is 6.06. The van der Waals surface area contributed by atoms with Gasteiger partial charge in [0.1, 0.15) is 11.6 Å². The maximum atomic E-state index is 5.68. The van der Waals surface area contributed by atoms with Crippen molar-refractivity contribution in [1.29, 1.82) is 0 Å². The summed E-state index contributed by atoms with van der Waals surface area (Å²) in [5.41, 5.74) is 1.07. The highest BCUT2D eigenvalue weighted by atomic mass is 127. The van der Waals surface area contributed by atoms with Gasteiger partial charge in [0.05, 0.1) is 19.7 Å². The zero-order valence-electron chi connectivity index (χ0n) is 16.7. The minimum atomic E-state index is 0. The molecule has 150 valence electrons. The highest BCUT2D eigenvalue weighted by molar-refractivity contribution is 14.0. The van der Waals surface area contributed by atoms with E-state index in [1.54, 1.807) is 0 Å². The van der Waals surface area contributed by atoms with E-state index in [1.165, 1.54) is 0 Å². The van der Waals surface area contributed by atoms with E-state index in [0.717, 1.165) is 48.3 Å². The Balaban J connectivity index is 0.00000364. The number of aryl methyl sites for hydroxylation is 1. The fraction of sp³-hybridized carbons (Fsp3) is 0.526. The van der Waals surface area contributed by atoms with Crippen molar-refractivity contribution in [3.05, 3.63) is 41.5 Å². The lowest BCUT2D eigenvalue weighted by Crippen LogP contribution is -2.38. The van der Waals surface area contributed by atoms with E-state index >= 15 is 0 Å². The number of guanidine groups is 1. The number of halogens is 1. The normalized spacial score (nSPS) is 11.0. The van der Waals surface area contributed by atoms with Crippen LogP contribution in [0, 0.1) is 6.92 Å². The van der Waals surface area contributed by atoms with Crippen LogP contribution in [0.15, 0.2) is 29.3 Å². The Morgan fingerprint density at radius 3 is 2.63 bits per heavy atom. The minimum absolute atomic E-state index is 0. The van der Waals surface area contributed by atoms with E-state index in [1.807, 2.05) is 49.7 Å². The van der Waals surface area contributed by atoms with Gasteiger partial charge in [0.25, 0.3) is 0 Å². The third-order valence-electron chi connectivity index (χ3n) is 4.10. The van der Waals surface area contributed by atoms with Crippen molar-refractivity contribution < 1.29 is 4.74 Å². The summed E-state index contributed by atoms with van der Waals surface area (Å²) in [6.45, 7) is 8.75. The number of para-hydroxylation sites is 1. The molecule has 27 heavy (non-hydrogen) atoms. The molecule has 1 heterocycles. The number of aliphatic imine (C=N–C) groups is 1. The number of hydrogen-bond donors (Lipinski definition) is 2. The molecule has 0 aliphatic carbocycles. The molecular formula is C19H31IN6O. The highest BCUT2D eigenvalue weighted by Crippen LogP contribution is 2.18. The van der Waals surface area contributed by atoms with Crippen molar-refractivity contribution in [2.24, 2.45) is 12.0 Å². The van der Waals surface area contributed by atoms with Crippen LogP contribution in [0.1, 0.15) is 43.9 Å². The topological polar surface area (TPSA) is 76.4 Å². The van der Waals surface area contributed by atoms with Crippen molar-refractivity contribution in [1.82, 2.24) is 25.4 Å². The number of hydrogen-bond acceptors (Lipinski definition) is 4. The maximum Gasteiger partial charge on any atom is 0.191 e. The molecule has 2 N–H and O–H groups in total. The summed E-state index contributed by atoms with van der Waals surface area (Å²) in [5, 5.41) is 15.0. The first kappa shape index (κ1) is 23.2. The van der Waals surface area contributed by atoms with E-state index in [0.29, 0.717) is 19.7 Å². The van der Waals surface area contributed by atoms with Crippen LogP contribution in [0.5, 0.6) is 5.75 Å². The van der Waals surface area contributed by atoms with Crippen LogP contribution in [-0.4, -0.2) is 33.9 Å². The van der Waals surface area contributed by atoms with Crippen molar-refractivity contribution in [3.63, 3.8) is 0 Å². The van der Waals surface area contributed by atoms with Crippen molar-refractivity contribution in [2.45, 2.75) is 46.7 Å². The van der Waals surface area contributed by atoms with Gasteiger partial charge in [-0.15, -0.1) is 34.2 Å². The van der Waals surface area contributed by atoms with Gasteiger partial charge in [0.2, 0.25) is 0 Å². The minimum Gasteiger partial charge on any atom is -0.494 e. The molecule has 0 aliphatic heterocycles. The predicted octanol–water partition coefficient (Wildman–Crippen LogP) is 3.18. The predicted molar refractivity (Wildman–Crippen MR) is 120 cm³/mol.